The van der Waals surface area contributed by atoms with Crippen LogP contribution >= 0.6 is 0 Å². The standard InChI is InChI=1S/C59H39N3/c1-4-16-40(17-5-1)41-18-12-19-42(34-41)43-20-13-21-44(35-43)45-32-33-56-53(37-45)59-50(29-15-31-57(59)61(56)48-24-6-2-7-25-48)46-22-14-23-47(36-46)54-38-52-51-28-10-11-30-55(51)62(58(52)39-60-54)49-26-8-3-9-27-49/h1-39H. The lowest BCUT2D eigenvalue weighted by atomic mass is 9.94. The molecule has 3 heteroatoms. The number of para-hydroxylation sites is 3. The highest BCUT2D eigenvalue weighted by molar-refractivity contribution is 6.17. The summed E-state index contributed by atoms with van der Waals surface area (Å²) in [6.45, 7) is 0. The van der Waals surface area contributed by atoms with Crippen LogP contribution in [0.25, 0.3) is 111 Å². The third-order valence-electron chi connectivity index (χ3n) is 12.3. The summed E-state index contributed by atoms with van der Waals surface area (Å²) in [4.78, 5) is 5.12. The smallest absolute Gasteiger partial charge is 0.0724 e. The molecule has 0 unspecified atom stereocenters. The summed E-state index contributed by atoms with van der Waals surface area (Å²) in [5, 5.41) is 4.85. The minimum atomic E-state index is 0.950. The zero-order valence-electron chi connectivity index (χ0n) is 33.9. The molecule has 12 aromatic rings. The monoisotopic (exact) mass is 789 g/mol. The van der Waals surface area contributed by atoms with Crippen LogP contribution in [0, 0.1) is 0 Å². The highest BCUT2D eigenvalue weighted by atomic mass is 15.0. The van der Waals surface area contributed by atoms with Gasteiger partial charge < -0.3 is 9.13 Å². The van der Waals surface area contributed by atoms with Gasteiger partial charge in [0.05, 0.1) is 34.0 Å². The van der Waals surface area contributed by atoms with Crippen molar-refractivity contribution in [2.24, 2.45) is 0 Å². The molecule has 0 saturated heterocycles. The summed E-state index contributed by atoms with van der Waals surface area (Å²) in [6.07, 6.45) is 2.04. The third-order valence-corrected chi connectivity index (χ3v) is 12.3. The summed E-state index contributed by atoms with van der Waals surface area (Å²) in [6, 6.07) is 83.2. The molecule has 62 heavy (non-hydrogen) atoms. The molecule has 0 aliphatic carbocycles. The summed E-state index contributed by atoms with van der Waals surface area (Å²) in [5.41, 5.74) is 18.4. The molecule has 3 aromatic heterocycles. The minimum Gasteiger partial charge on any atom is -0.309 e. The first-order valence-corrected chi connectivity index (χ1v) is 21.2. The van der Waals surface area contributed by atoms with Gasteiger partial charge in [-0.2, -0.15) is 0 Å². The third kappa shape index (κ3) is 6.02. The van der Waals surface area contributed by atoms with Crippen LogP contribution in [0.15, 0.2) is 237 Å². The van der Waals surface area contributed by atoms with Gasteiger partial charge in [-0.25, -0.2) is 0 Å². The molecule has 3 nitrogen and oxygen atoms in total. The predicted octanol–water partition coefficient (Wildman–Crippen LogP) is 15.6. The summed E-state index contributed by atoms with van der Waals surface area (Å²) < 4.78 is 4.72. The van der Waals surface area contributed by atoms with E-state index < -0.39 is 0 Å². The lowest BCUT2D eigenvalue weighted by Crippen LogP contribution is -1.94. The fraction of sp³-hybridized carbons (Fsp3) is 0. The molecule has 290 valence electrons. The van der Waals surface area contributed by atoms with Gasteiger partial charge in [-0.05, 0) is 117 Å². The highest BCUT2D eigenvalue weighted by Crippen LogP contribution is 2.42. The molecular formula is C59H39N3. The van der Waals surface area contributed by atoms with Crippen molar-refractivity contribution in [3.63, 3.8) is 0 Å². The largest absolute Gasteiger partial charge is 0.309 e. The Morgan fingerprint density at radius 2 is 0.758 bits per heavy atom. The molecule has 0 aliphatic rings. The number of rotatable bonds is 7. The first kappa shape index (κ1) is 35.7. The van der Waals surface area contributed by atoms with Crippen LogP contribution < -0.4 is 0 Å². The lowest BCUT2D eigenvalue weighted by Gasteiger charge is -2.10. The Hall–Kier alpha value is -8.27. The number of fused-ring (bicyclic) bond motifs is 6. The quantitative estimate of drug-likeness (QED) is 0.158. The van der Waals surface area contributed by atoms with Gasteiger partial charge in [0.25, 0.3) is 0 Å². The van der Waals surface area contributed by atoms with Crippen molar-refractivity contribution in [2.75, 3.05) is 0 Å². The van der Waals surface area contributed by atoms with Crippen molar-refractivity contribution in [1.82, 2.24) is 14.1 Å². The Morgan fingerprint density at radius 1 is 0.274 bits per heavy atom. The maximum absolute atomic E-state index is 5.12. The van der Waals surface area contributed by atoms with E-state index in [2.05, 4.69) is 240 Å². The fourth-order valence-electron chi connectivity index (χ4n) is 9.46. The zero-order valence-corrected chi connectivity index (χ0v) is 33.9. The number of hydrogen-bond donors (Lipinski definition) is 0. The first-order chi connectivity index (χ1) is 30.7. The van der Waals surface area contributed by atoms with Crippen molar-refractivity contribution < 1.29 is 0 Å². The molecule has 0 fully saturated rings. The Labute approximate surface area is 360 Å². The number of pyridine rings is 1. The zero-order chi connectivity index (χ0) is 41.0. The molecule has 12 rings (SSSR count). The fourth-order valence-corrected chi connectivity index (χ4v) is 9.46. The Balaban J connectivity index is 1.00. The lowest BCUT2D eigenvalue weighted by molar-refractivity contribution is 1.17. The molecule has 0 N–H and O–H groups in total. The van der Waals surface area contributed by atoms with Gasteiger partial charge in [0.15, 0.2) is 0 Å². The molecule has 0 amide bonds. The van der Waals surface area contributed by atoms with Gasteiger partial charge >= 0.3 is 0 Å². The molecule has 9 aromatic carbocycles. The van der Waals surface area contributed by atoms with Crippen LogP contribution in [-0.4, -0.2) is 14.1 Å². The predicted molar refractivity (Wildman–Crippen MR) is 260 cm³/mol. The Morgan fingerprint density at radius 3 is 1.45 bits per heavy atom. The first-order valence-electron chi connectivity index (χ1n) is 21.2. The van der Waals surface area contributed by atoms with Gasteiger partial charge in [-0.3, -0.25) is 4.98 Å². The maximum Gasteiger partial charge on any atom is 0.0724 e. The summed E-state index contributed by atoms with van der Waals surface area (Å²) in [7, 11) is 0. The van der Waals surface area contributed by atoms with E-state index in [-0.39, 0.29) is 0 Å². The van der Waals surface area contributed by atoms with E-state index in [4.69, 9.17) is 4.98 Å². The maximum atomic E-state index is 5.12. The van der Waals surface area contributed by atoms with Crippen LogP contribution in [0.1, 0.15) is 0 Å². The molecule has 0 radical (unpaired) electrons. The second-order valence-electron chi connectivity index (χ2n) is 16.0. The van der Waals surface area contributed by atoms with E-state index in [9.17, 15) is 0 Å². The van der Waals surface area contributed by atoms with E-state index in [1.165, 1.54) is 77.0 Å². The number of benzene rings is 9. The van der Waals surface area contributed by atoms with E-state index in [0.29, 0.717) is 0 Å². The van der Waals surface area contributed by atoms with Crippen LogP contribution in [0.3, 0.4) is 0 Å². The second kappa shape index (κ2) is 14.8. The Kier molecular flexibility index (Phi) is 8.50. The van der Waals surface area contributed by atoms with Crippen molar-refractivity contribution in [1.29, 1.82) is 0 Å². The van der Waals surface area contributed by atoms with Crippen LogP contribution in [-0.2, 0) is 0 Å². The average Bonchev–Trinajstić information content (AvgIpc) is 3.87. The molecule has 0 spiro atoms. The van der Waals surface area contributed by atoms with E-state index in [0.717, 1.165) is 33.7 Å². The van der Waals surface area contributed by atoms with E-state index in [1.807, 2.05) is 6.20 Å². The molecule has 3 heterocycles. The number of nitrogens with zero attached hydrogens (tertiary/aromatic N) is 3. The van der Waals surface area contributed by atoms with Gasteiger partial charge in [0.1, 0.15) is 0 Å². The second-order valence-corrected chi connectivity index (χ2v) is 16.0. The van der Waals surface area contributed by atoms with E-state index in [1.54, 1.807) is 0 Å². The van der Waals surface area contributed by atoms with Gasteiger partial charge in [-0.1, -0.05) is 158 Å². The van der Waals surface area contributed by atoms with Gasteiger partial charge in [0.2, 0.25) is 0 Å². The molecule has 0 aliphatic heterocycles. The molecule has 0 bridgehead atoms. The van der Waals surface area contributed by atoms with E-state index >= 15 is 0 Å². The van der Waals surface area contributed by atoms with Gasteiger partial charge in [-0.15, -0.1) is 0 Å². The Bertz CT molecular complexity index is 3620. The van der Waals surface area contributed by atoms with Crippen LogP contribution in [0.5, 0.6) is 0 Å². The normalized spacial score (nSPS) is 11.5. The molecular weight excluding hydrogens is 751 g/mol. The van der Waals surface area contributed by atoms with Crippen LogP contribution in [0.2, 0.25) is 0 Å². The summed E-state index contributed by atoms with van der Waals surface area (Å²) in [5.74, 6) is 0. The highest BCUT2D eigenvalue weighted by Gasteiger charge is 2.19. The van der Waals surface area contributed by atoms with Crippen molar-refractivity contribution in [3.05, 3.63) is 237 Å². The average molecular weight is 790 g/mol. The number of hydrogen-bond acceptors (Lipinski definition) is 1. The topological polar surface area (TPSA) is 22.8 Å². The SMILES string of the molecule is c1ccc(-c2cccc(-c3cccc(-c4ccc5c(c4)c4c(-c6cccc(-c7cc8c9ccccc9n(-c9ccccc9)c8cn7)c6)cccc4n5-c4ccccc4)c3)c2)cc1. The van der Waals surface area contributed by atoms with Crippen LogP contribution in [0.4, 0.5) is 0 Å². The van der Waals surface area contributed by atoms with Crippen molar-refractivity contribution in [2.45, 2.75) is 0 Å². The van der Waals surface area contributed by atoms with Crippen molar-refractivity contribution in [3.8, 4) is 67.1 Å². The van der Waals surface area contributed by atoms with Crippen molar-refractivity contribution >= 4 is 43.6 Å². The van der Waals surface area contributed by atoms with Gasteiger partial charge in [0, 0.05) is 38.5 Å². The molecule has 0 atom stereocenters. The molecule has 0 saturated carbocycles. The summed E-state index contributed by atoms with van der Waals surface area (Å²) >= 11 is 0. The minimum absolute atomic E-state index is 0.950. The number of aromatic nitrogens is 3.